The fourth-order valence-corrected chi connectivity index (χ4v) is 4.31. The van der Waals surface area contributed by atoms with Crippen molar-refractivity contribution in [1.82, 2.24) is 5.32 Å². The molecule has 1 aliphatic carbocycles. The lowest BCUT2D eigenvalue weighted by molar-refractivity contribution is 0.489. The molecule has 0 amide bonds. The van der Waals surface area contributed by atoms with Gasteiger partial charge in [-0.1, -0.05) is 25.1 Å². The Morgan fingerprint density at radius 1 is 1.32 bits per heavy atom. The van der Waals surface area contributed by atoms with Crippen LogP contribution < -0.4 is 5.32 Å². The van der Waals surface area contributed by atoms with Gasteiger partial charge in [0, 0.05) is 6.04 Å². The third-order valence-electron chi connectivity index (χ3n) is 3.68. The Morgan fingerprint density at radius 2 is 2.00 bits per heavy atom. The number of nitrogens with one attached hydrogen (secondary N) is 1. The van der Waals surface area contributed by atoms with Crippen LogP contribution >= 0.6 is 0 Å². The Kier molecular flexibility index (Phi) is 4.63. The average molecular weight is 281 g/mol. The molecule has 0 radical (unpaired) electrons. The fourth-order valence-electron chi connectivity index (χ4n) is 2.42. The highest BCUT2D eigenvalue weighted by Gasteiger charge is 2.34. The molecule has 0 saturated heterocycles. The molecule has 0 aliphatic heterocycles. The second-order valence-corrected chi connectivity index (χ2v) is 7.45. The third-order valence-corrected chi connectivity index (χ3v) is 5.60. The van der Waals surface area contributed by atoms with E-state index in [0.717, 1.165) is 31.4 Å². The van der Waals surface area contributed by atoms with Gasteiger partial charge in [0.05, 0.1) is 10.6 Å². The zero-order valence-corrected chi connectivity index (χ0v) is 12.5. The molecule has 2 rings (SSSR count). The normalized spacial score (nSPS) is 17.4. The van der Waals surface area contributed by atoms with Gasteiger partial charge < -0.3 is 5.32 Å². The van der Waals surface area contributed by atoms with Crippen molar-refractivity contribution >= 4 is 9.84 Å². The lowest BCUT2D eigenvalue weighted by Gasteiger charge is -2.18. The van der Waals surface area contributed by atoms with Crippen molar-refractivity contribution in [1.29, 1.82) is 0 Å². The van der Waals surface area contributed by atoms with E-state index in [1.807, 2.05) is 19.1 Å². The molecule has 0 heterocycles. The van der Waals surface area contributed by atoms with Crippen LogP contribution in [0.5, 0.6) is 0 Å². The van der Waals surface area contributed by atoms with Gasteiger partial charge in [-0.3, -0.25) is 0 Å². The van der Waals surface area contributed by atoms with Gasteiger partial charge in [0.2, 0.25) is 0 Å². The van der Waals surface area contributed by atoms with Crippen LogP contribution in [-0.2, 0) is 9.84 Å². The SMILES string of the molecule is CCCNC(CS(=O)(=O)c1ccccc1C)C1CC1. The molecule has 1 aliphatic rings. The Labute approximate surface area is 116 Å². The van der Waals surface area contributed by atoms with E-state index < -0.39 is 9.84 Å². The summed E-state index contributed by atoms with van der Waals surface area (Å²) in [6.07, 6.45) is 3.35. The van der Waals surface area contributed by atoms with Crippen LogP contribution in [0, 0.1) is 12.8 Å². The van der Waals surface area contributed by atoms with Crippen LogP contribution in [0.3, 0.4) is 0 Å². The van der Waals surface area contributed by atoms with E-state index in [2.05, 4.69) is 12.2 Å². The summed E-state index contributed by atoms with van der Waals surface area (Å²) in [4.78, 5) is 0.485. The maximum absolute atomic E-state index is 12.5. The standard InChI is InChI=1S/C15H23NO2S/c1-3-10-16-14(13-8-9-13)11-19(17,18)15-7-5-4-6-12(15)2/h4-7,13-14,16H,3,8-11H2,1-2H3. The molecule has 0 aromatic heterocycles. The summed E-state index contributed by atoms with van der Waals surface area (Å²) < 4.78 is 25.0. The monoisotopic (exact) mass is 281 g/mol. The van der Waals surface area contributed by atoms with E-state index in [-0.39, 0.29) is 11.8 Å². The van der Waals surface area contributed by atoms with Crippen molar-refractivity contribution in [3.8, 4) is 0 Å². The Hall–Kier alpha value is -0.870. The molecular formula is C15H23NO2S. The van der Waals surface area contributed by atoms with Gasteiger partial charge in [0.1, 0.15) is 0 Å². The average Bonchev–Trinajstić information content (AvgIpc) is 3.19. The number of hydrogen-bond acceptors (Lipinski definition) is 3. The van der Waals surface area contributed by atoms with E-state index in [0.29, 0.717) is 10.8 Å². The second-order valence-electron chi connectivity index (χ2n) is 5.44. The van der Waals surface area contributed by atoms with Gasteiger partial charge in [0.25, 0.3) is 0 Å². The smallest absolute Gasteiger partial charge is 0.180 e. The minimum atomic E-state index is -3.19. The van der Waals surface area contributed by atoms with E-state index in [9.17, 15) is 8.42 Å². The maximum atomic E-state index is 12.5. The molecule has 0 bridgehead atoms. The van der Waals surface area contributed by atoms with Crippen molar-refractivity contribution in [2.24, 2.45) is 5.92 Å². The predicted octanol–water partition coefficient (Wildman–Crippen LogP) is 2.55. The first-order chi connectivity index (χ1) is 9.04. The number of aryl methyl sites for hydroxylation is 1. The Bertz CT molecular complexity index is 521. The highest BCUT2D eigenvalue weighted by Crippen LogP contribution is 2.34. The molecule has 3 nitrogen and oxygen atoms in total. The highest BCUT2D eigenvalue weighted by molar-refractivity contribution is 7.91. The summed E-state index contributed by atoms with van der Waals surface area (Å²) in [5, 5.41) is 3.40. The summed E-state index contributed by atoms with van der Waals surface area (Å²) in [5.41, 5.74) is 0.840. The molecule has 1 unspecified atom stereocenters. The summed E-state index contributed by atoms with van der Waals surface area (Å²) in [7, 11) is -3.19. The largest absolute Gasteiger partial charge is 0.313 e. The molecule has 1 saturated carbocycles. The fraction of sp³-hybridized carbons (Fsp3) is 0.600. The zero-order chi connectivity index (χ0) is 13.9. The van der Waals surface area contributed by atoms with Crippen LogP contribution in [0.15, 0.2) is 29.2 Å². The molecule has 1 atom stereocenters. The summed E-state index contributed by atoms with van der Waals surface area (Å²) in [6, 6.07) is 7.37. The van der Waals surface area contributed by atoms with Crippen LogP contribution in [0.25, 0.3) is 0 Å². The first kappa shape index (κ1) is 14.5. The highest BCUT2D eigenvalue weighted by atomic mass is 32.2. The summed E-state index contributed by atoms with van der Waals surface area (Å²) in [5.74, 6) is 0.771. The molecule has 0 spiro atoms. The summed E-state index contributed by atoms with van der Waals surface area (Å²) >= 11 is 0. The van der Waals surface area contributed by atoms with Gasteiger partial charge in [-0.05, 0) is 50.3 Å². The summed E-state index contributed by atoms with van der Waals surface area (Å²) in [6.45, 7) is 4.86. The Morgan fingerprint density at radius 3 is 2.58 bits per heavy atom. The minimum absolute atomic E-state index is 0.115. The van der Waals surface area contributed by atoms with Crippen molar-refractivity contribution in [3.05, 3.63) is 29.8 Å². The number of benzene rings is 1. The lowest BCUT2D eigenvalue weighted by atomic mass is 10.2. The first-order valence-electron chi connectivity index (χ1n) is 7.06. The molecule has 1 fully saturated rings. The van der Waals surface area contributed by atoms with E-state index in [1.54, 1.807) is 12.1 Å². The van der Waals surface area contributed by atoms with E-state index in [4.69, 9.17) is 0 Å². The first-order valence-corrected chi connectivity index (χ1v) is 8.71. The van der Waals surface area contributed by atoms with Crippen LogP contribution in [0.2, 0.25) is 0 Å². The van der Waals surface area contributed by atoms with Crippen molar-refractivity contribution in [2.75, 3.05) is 12.3 Å². The van der Waals surface area contributed by atoms with Crippen molar-refractivity contribution in [3.63, 3.8) is 0 Å². The zero-order valence-electron chi connectivity index (χ0n) is 11.7. The lowest BCUT2D eigenvalue weighted by Crippen LogP contribution is -2.38. The van der Waals surface area contributed by atoms with E-state index in [1.165, 1.54) is 0 Å². The molecular weight excluding hydrogens is 258 g/mol. The molecule has 106 valence electrons. The van der Waals surface area contributed by atoms with Gasteiger partial charge >= 0.3 is 0 Å². The molecule has 1 aromatic carbocycles. The predicted molar refractivity (Wildman–Crippen MR) is 78.0 cm³/mol. The molecule has 1 aromatic rings. The maximum Gasteiger partial charge on any atom is 0.180 e. The van der Waals surface area contributed by atoms with Gasteiger partial charge in [-0.25, -0.2) is 8.42 Å². The van der Waals surface area contributed by atoms with Crippen molar-refractivity contribution in [2.45, 2.75) is 44.0 Å². The van der Waals surface area contributed by atoms with Gasteiger partial charge in [-0.15, -0.1) is 0 Å². The van der Waals surface area contributed by atoms with Gasteiger partial charge in [0.15, 0.2) is 9.84 Å². The number of hydrogen-bond donors (Lipinski definition) is 1. The van der Waals surface area contributed by atoms with Crippen molar-refractivity contribution < 1.29 is 8.42 Å². The number of sulfone groups is 1. The molecule has 4 heteroatoms. The topological polar surface area (TPSA) is 46.2 Å². The minimum Gasteiger partial charge on any atom is -0.313 e. The number of rotatable bonds is 7. The Balaban J connectivity index is 2.13. The van der Waals surface area contributed by atoms with Crippen LogP contribution in [-0.4, -0.2) is 26.8 Å². The second kappa shape index (κ2) is 6.06. The van der Waals surface area contributed by atoms with Crippen LogP contribution in [0.4, 0.5) is 0 Å². The molecule has 1 N–H and O–H groups in total. The van der Waals surface area contributed by atoms with Gasteiger partial charge in [-0.2, -0.15) is 0 Å². The van der Waals surface area contributed by atoms with Crippen LogP contribution in [0.1, 0.15) is 31.7 Å². The van der Waals surface area contributed by atoms with E-state index >= 15 is 0 Å². The third kappa shape index (κ3) is 3.80. The molecule has 19 heavy (non-hydrogen) atoms. The quantitative estimate of drug-likeness (QED) is 0.835.